The van der Waals surface area contributed by atoms with Crippen molar-refractivity contribution in [3.63, 3.8) is 0 Å². The van der Waals surface area contributed by atoms with Gasteiger partial charge in [0.15, 0.2) is 4.90 Å². The average molecular weight is 300 g/mol. The van der Waals surface area contributed by atoms with Crippen LogP contribution in [0.1, 0.15) is 19.8 Å². The Morgan fingerprint density at radius 2 is 2.20 bits per heavy atom. The van der Waals surface area contributed by atoms with Gasteiger partial charge in [-0.05, 0) is 24.5 Å². The van der Waals surface area contributed by atoms with Crippen molar-refractivity contribution in [3.05, 3.63) is 28.3 Å². The maximum Gasteiger partial charge on any atom is 0.291 e. The molecule has 4 N–H and O–H groups in total. The third kappa shape index (κ3) is 2.89. The second kappa shape index (κ2) is 5.35. The zero-order chi connectivity index (χ0) is 14.9. The number of nitrogen functional groups attached to an aromatic ring is 1. The minimum atomic E-state index is -3.90. The van der Waals surface area contributed by atoms with Crippen molar-refractivity contribution in [1.82, 2.24) is 4.72 Å². The van der Waals surface area contributed by atoms with E-state index in [0.29, 0.717) is 5.92 Å². The Morgan fingerprint density at radius 1 is 1.50 bits per heavy atom. The number of sulfonamides is 1. The van der Waals surface area contributed by atoms with Crippen LogP contribution in [0.25, 0.3) is 0 Å². The molecule has 0 aromatic heterocycles. The van der Waals surface area contributed by atoms with Crippen molar-refractivity contribution in [3.8, 4) is 0 Å². The molecule has 0 amide bonds. The number of rotatable bonds is 6. The molecule has 1 saturated carbocycles. The standard InChI is InChI=1S/C11H16N4O4S/c1-2-7-5-9(7)14-20(18,19)11-4-3-8(13-12)6-10(11)15(16)17/h3-4,6-7,9,13-14H,2,5,12H2,1H3. The first-order valence-electron chi connectivity index (χ1n) is 6.16. The van der Waals surface area contributed by atoms with Gasteiger partial charge < -0.3 is 5.43 Å². The van der Waals surface area contributed by atoms with Gasteiger partial charge in [-0.25, -0.2) is 13.1 Å². The number of nitrogens with one attached hydrogen (secondary N) is 2. The molecule has 0 aliphatic heterocycles. The largest absolute Gasteiger partial charge is 0.324 e. The van der Waals surface area contributed by atoms with E-state index in [0.717, 1.165) is 18.9 Å². The summed E-state index contributed by atoms with van der Waals surface area (Å²) in [4.78, 5) is 9.92. The Labute approximate surface area is 116 Å². The maximum absolute atomic E-state index is 12.2. The lowest BCUT2D eigenvalue weighted by Gasteiger charge is -2.08. The van der Waals surface area contributed by atoms with E-state index in [4.69, 9.17) is 5.84 Å². The SMILES string of the molecule is CCC1CC1NS(=O)(=O)c1ccc(NN)cc1[N+](=O)[O-]. The number of anilines is 1. The van der Waals surface area contributed by atoms with Crippen molar-refractivity contribution < 1.29 is 13.3 Å². The molecule has 9 heteroatoms. The van der Waals surface area contributed by atoms with Crippen LogP contribution in [0, 0.1) is 16.0 Å². The van der Waals surface area contributed by atoms with E-state index in [-0.39, 0.29) is 16.6 Å². The molecule has 1 fully saturated rings. The number of benzene rings is 1. The van der Waals surface area contributed by atoms with Crippen molar-refractivity contribution in [1.29, 1.82) is 0 Å². The fourth-order valence-corrected chi connectivity index (χ4v) is 3.55. The monoisotopic (exact) mass is 300 g/mol. The van der Waals surface area contributed by atoms with Crippen molar-refractivity contribution >= 4 is 21.4 Å². The van der Waals surface area contributed by atoms with E-state index in [1.165, 1.54) is 12.1 Å². The Hall–Kier alpha value is -1.71. The van der Waals surface area contributed by atoms with E-state index in [9.17, 15) is 18.5 Å². The third-order valence-electron chi connectivity index (χ3n) is 3.37. The quantitative estimate of drug-likeness (QED) is 0.408. The number of hydrazine groups is 1. The van der Waals surface area contributed by atoms with Gasteiger partial charge in [0.05, 0.1) is 10.6 Å². The van der Waals surface area contributed by atoms with Gasteiger partial charge in [0.2, 0.25) is 10.0 Å². The second-order valence-corrected chi connectivity index (χ2v) is 6.40. The highest BCUT2D eigenvalue weighted by Crippen LogP contribution is 2.35. The molecule has 0 spiro atoms. The van der Waals surface area contributed by atoms with Crippen LogP contribution in [0.4, 0.5) is 11.4 Å². The maximum atomic E-state index is 12.2. The summed E-state index contributed by atoms with van der Waals surface area (Å²) in [5.41, 5.74) is 2.02. The number of nitrogens with zero attached hydrogens (tertiary/aromatic N) is 1. The number of nitro groups is 1. The topological polar surface area (TPSA) is 127 Å². The summed E-state index contributed by atoms with van der Waals surface area (Å²) in [6.07, 6.45) is 1.65. The summed E-state index contributed by atoms with van der Waals surface area (Å²) in [7, 11) is -3.90. The van der Waals surface area contributed by atoms with E-state index in [1.54, 1.807) is 0 Å². The summed E-state index contributed by atoms with van der Waals surface area (Å²) in [5, 5.41) is 11.0. The summed E-state index contributed by atoms with van der Waals surface area (Å²) in [6, 6.07) is 3.53. The molecule has 1 aliphatic carbocycles. The van der Waals surface area contributed by atoms with Crippen LogP contribution < -0.4 is 16.0 Å². The highest BCUT2D eigenvalue weighted by molar-refractivity contribution is 7.89. The molecule has 0 radical (unpaired) electrons. The lowest BCUT2D eigenvalue weighted by atomic mass is 10.3. The molecule has 20 heavy (non-hydrogen) atoms. The molecule has 0 bridgehead atoms. The summed E-state index contributed by atoms with van der Waals surface area (Å²) in [6.45, 7) is 1.98. The van der Waals surface area contributed by atoms with E-state index in [2.05, 4.69) is 10.1 Å². The van der Waals surface area contributed by atoms with Gasteiger partial charge in [-0.15, -0.1) is 0 Å². The molecule has 110 valence electrons. The predicted molar refractivity (Wildman–Crippen MR) is 73.4 cm³/mol. The number of nitrogens with two attached hydrogens (primary N) is 1. The summed E-state index contributed by atoms with van der Waals surface area (Å²) < 4.78 is 26.9. The molecule has 0 saturated heterocycles. The van der Waals surface area contributed by atoms with Gasteiger partial charge in [0, 0.05) is 12.1 Å². The van der Waals surface area contributed by atoms with Crippen LogP contribution in [-0.4, -0.2) is 19.4 Å². The van der Waals surface area contributed by atoms with Gasteiger partial charge in [0.1, 0.15) is 0 Å². The van der Waals surface area contributed by atoms with Gasteiger partial charge in [-0.2, -0.15) is 0 Å². The van der Waals surface area contributed by atoms with E-state index in [1.807, 2.05) is 6.92 Å². The molecule has 1 aromatic rings. The third-order valence-corrected chi connectivity index (χ3v) is 4.90. The average Bonchev–Trinajstić information content (AvgIpc) is 3.15. The minimum absolute atomic E-state index is 0.128. The van der Waals surface area contributed by atoms with Crippen LogP contribution in [-0.2, 0) is 10.0 Å². The second-order valence-electron chi connectivity index (χ2n) is 4.72. The highest BCUT2D eigenvalue weighted by atomic mass is 32.2. The molecule has 1 aromatic carbocycles. The Kier molecular flexibility index (Phi) is 3.93. The van der Waals surface area contributed by atoms with Crippen LogP contribution in [0.2, 0.25) is 0 Å². The van der Waals surface area contributed by atoms with Crippen LogP contribution in [0.3, 0.4) is 0 Å². The molecular formula is C11H16N4O4S. The normalized spacial score (nSPS) is 21.5. The lowest BCUT2D eigenvalue weighted by molar-refractivity contribution is -0.387. The Balaban J connectivity index is 2.33. The first-order chi connectivity index (χ1) is 9.39. The fourth-order valence-electron chi connectivity index (χ4n) is 2.08. The van der Waals surface area contributed by atoms with Gasteiger partial charge in [-0.3, -0.25) is 16.0 Å². The summed E-state index contributed by atoms with van der Waals surface area (Å²) >= 11 is 0. The first-order valence-corrected chi connectivity index (χ1v) is 7.64. The lowest BCUT2D eigenvalue weighted by Crippen LogP contribution is -2.27. The van der Waals surface area contributed by atoms with Gasteiger partial charge in [0.25, 0.3) is 5.69 Å². The zero-order valence-electron chi connectivity index (χ0n) is 10.9. The molecule has 1 aliphatic rings. The van der Waals surface area contributed by atoms with Crippen LogP contribution in [0.15, 0.2) is 23.1 Å². The highest BCUT2D eigenvalue weighted by Gasteiger charge is 2.40. The molecular weight excluding hydrogens is 284 g/mol. The van der Waals surface area contributed by atoms with Crippen LogP contribution in [0.5, 0.6) is 0 Å². The minimum Gasteiger partial charge on any atom is -0.324 e. The van der Waals surface area contributed by atoms with Crippen molar-refractivity contribution in [2.45, 2.75) is 30.7 Å². The van der Waals surface area contributed by atoms with Crippen LogP contribution >= 0.6 is 0 Å². The first kappa shape index (κ1) is 14.7. The molecule has 2 unspecified atom stereocenters. The zero-order valence-corrected chi connectivity index (χ0v) is 11.7. The predicted octanol–water partition coefficient (Wildman–Crippen LogP) is 0.957. The van der Waals surface area contributed by atoms with Gasteiger partial charge >= 0.3 is 0 Å². The molecule has 2 atom stereocenters. The van der Waals surface area contributed by atoms with Crippen molar-refractivity contribution in [2.24, 2.45) is 11.8 Å². The Bertz CT molecular complexity index is 631. The summed E-state index contributed by atoms with van der Waals surface area (Å²) in [5.74, 6) is 5.48. The van der Waals surface area contributed by atoms with Gasteiger partial charge in [-0.1, -0.05) is 13.3 Å². The number of hydrogen-bond donors (Lipinski definition) is 3. The van der Waals surface area contributed by atoms with Crippen molar-refractivity contribution in [2.75, 3.05) is 5.43 Å². The molecule has 8 nitrogen and oxygen atoms in total. The van der Waals surface area contributed by atoms with E-state index < -0.39 is 20.6 Å². The van der Waals surface area contributed by atoms with E-state index >= 15 is 0 Å². The Morgan fingerprint density at radius 3 is 2.70 bits per heavy atom. The number of hydrogen-bond acceptors (Lipinski definition) is 6. The molecule has 2 rings (SSSR count). The molecule has 0 heterocycles. The number of nitro benzene ring substituents is 1. The fraction of sp³-hybridized carbons (Fsp3) is 0.455. The smallest absolute Gasteiger partial charge is 0.291 e.